The van der Waals surface area contributed by atoms with E-state index in [9.17, 15) is 13.2 Å². The Hall–Kier alpha value is -1.86. The number of nitrogens with zero attached hydrogens (tertiary/aromatic N) is 2. The lowest BCUT2D eigenvalue weighted by molar-refractivity contribution is 0.0730. The fourth-order valence-corrected chi connectivity index (χ4v) is 6.71. The molecule has 0 spiro atoms. The maximum absolute atomic E-state index is 13.7. The summed E-state index contributed by atoms with van der Waals surface area (Å²) >= 11 is 0. The van der Waals surface area contributed by atoms with E-state index < -0.39 is 10.0 Å². The van der Waals surface area contributed by atoms with Crippen LogP contribution in [0.5, 0.6) is 0 Å². The molecule has 2 saturated heterocycles. The van der Waals surface area contributed by atoms with Crippen LogP contribution in [0.15, 0.2) is 15.4 Å². The normalized spacial score (nSPS) is 19.7. The van der Waals surface area contributed by atoms with Crippen molar-refractivity contribution in [1.82, 2.24) is 9.21 Å². The minimum absolute atomic E-state index is 0.124. The molecule has 170 valence electrons. The molecule has 2 fully saturated rings. The second-order valence-electron chi connectivity index (χ2n) is 9.37. The Morgan fingerprint density at radius 1 is 0.968 bits per heavy atom. The van der Waals surface area contributed by atoms with Crippen molar-refractivity contribution in [2.45, 2.75) is 71.1 Å². The smallest absolute Gasteiger partial charge is 0.289 e. The number of piperidine rings is 1. The number of hydrogen-bond acceptors (Lipinski definition) is 4. The van der Waals surface area contributed by atoms with Gasteiger partial charge in [-0.25, -0.2) is 8.42 Å². The van der Waals surface area contributed by atoms with E-state index in [1.807, 2.05) is 31.7 Å². The van der Waals surface area contributed by atoms with E-state index >= 15 is 0 Å². The summed E-state index contributed by atoms with van der Waals surface area (Å²) in [5.41, 5.74) is 2.66. The summed E-state index contributed by atoms with van der Waals surface area (Å²) in [4.78, 5) is 15.4. The van der Waals surface area contributed by atoms with E-state index in [-0.39, 0.29) is 16.6 Å². The molecule has 31 heavy (non-hydrogen) atoms. The fraction of sp³-hybridized carbons (Fsp3) is 0.625. The number of amides is 1. The zero-order valence-corrected chi connectivity index (χ0v) is 20.0. The molecule has 0 saturated carbocycles. The molecule has 0 unspecified atom stereocenters. The van der Waals surface area contributed by atoms with E-state index in [4.69, 9.17) is 4.42 Å². The van der Waals surface area contributed by atoms with E-state index in [1.54, 1.807) is 4.31 Å². The summed E-state index contributed by atoms with van der Waals surface area (Å²) in [6.45, 7) is 10.3. The molecule has 3 heterocycles. The van der Waals surface area contributed by atoms with Gasteiger partial charge in [-0.1, -0.05) is 19.8 Å². The van der Waals surface area contributed by atoms with Gasteiger partial charge >= 0.3 is 0 Å². The predicted octanol–water partition coefficient (Wildman–Crippen LogP) is 4.79. The van der Waals surface area contributed by atoms with Crippen LogP contribution in [0.4, 0.5) is 0 Å². The molecule has 2 aliphatic rings. The van der Waals surface area contributed by atoms with E-state index in [0.29, 0.717) is 30.2 Å². The highest BCUT2D eigenvalue weighted by molar-refractivity contribution is 7.89. The molecule has 1 amide bonds. The van der Waals surface area contributed by atoms with Gasteiger partial charge in [0.2, 0.25) is 10.0 Å². The molecule has 0 N–H and O–H groups in total. The lowest BCUT2D eigenvalue weighted by Gasteiger charge is -2.30. The third-order valence-corrected chi connectivity index (χ3v) is 9.17. The van der Waals surface area contributed by atoms with Gasteiger partial charge in [0.25, 0.3) is 5.91 Å². The average molecular weight is 447 g/mol. The van der Waals surface area contributed by atoms with E-state index in [2.05, 4.69) is 6.92 Å². The third-order valence-electron chi connectivity index (χ3n) is 7.12. The Labute approximate surface area is 185 Å². The number of likely N-dealkylation sites (tertiary alicyclic amines) is 1. The second kappa shape index (κ2) is 8.58. The Kier molecular flexibility index (Phi) is 6.19. The third kappa shape index (κ3) is 4.02. The number of furan rings is 1. The minimum Gasteiger partial charge on any atom is -0.449 e. The van der Waals surface area contributed by atoms with Crippen molar-refractivity contribution >= 4 is 26.9 Å². The van der Waals surface area contributed by atoms with Crippen LogP contribution >= 0.6 is 0 Å². The topological polar surface area (TPSA) is 70.8 Å². The molecular weight excluding hydrogens is 412 g/mol. The first-order valence-corrected chi connectivity index (χ1v) is 13.0. The number of rotatable bonds is 3. The summed E-state index contributed by atoms with van der Waals surface area (Å²) in [5.74, 6) is 0.695. The lowest BCUT2D eigenvalue weighted by Crippen LogP contribution is -2.38. The van der Waals surface area contributed by atoms with Crippen molar-refractivity contribution in [3.05, 3.63) is 28.5 Å². The molecule has 2 aliphatic heterocycles. The van der Waals surface area contributed by atoms with Crippen molar-refractivity contribution in [3.63, 3.8) is 0 Å². The number of benzene rings is 1. The van der Waals surface area contributed by atoms with Gasteiger partial charge in [0.15, 0.2) is 11.3 Å². The van der Waals surface area contributed by atoms with Crippen LogP contribution in [0.3, 0.4) is 0 Å². The van der Waals surface area contributed by atoms with Crippen molar-refractivity contribution in [2.75, 3.05) is 26.2 Å². The van der Waals surface area contributed by atoms with Crippen LogP contribution in [0.1, 0.15) is 72.7 Å². The lowest BCUT2D eigenvalue weighted by atomic mass is 10.0. The van der Waals surface area contributed by atoms with Crippen LogP contribution in [0.2, 0.25) is 0 Å². The standard InChI is InChI=1S/C24H34N2O4S/c1-16-9-13-26(14-10-16)31(28,29)23-18(3)17(2)15-20-19(4)21(30-22(20)23)24(27)25-11-7-5-6-8-12-25/h15-16H,5-14H2,1-4H3. The maximum atomic E-state index is 13.7. The van der Waals surface area contributed by atoms with Gasteiger partial charge in [0, 0.05) is 37.1 Å². The number of carbonyl (C=O) groups excluding carboxylic acids is 1. The summed E-state index contributed by atoms with van der Waals surface area (Å²) in [6.07, 6.45) is 6.00. The van der Waals surface area contributed by atoms with Gasteiger partial charge in [-0.2, -0.15) is 4.31 Å². The summed E-state index contributed by atoms with van der Waals surface area (Å²) in [6, 6.07) is 1.96. The number of fused-ring (bicyclic) bond motifs is 1. The van der Waals surface area contributed by atoms with E-state index in [0.717, 1.165) is 68.1 Å². The van der Waals surface area contributed by atoms with Gasteiger partial charge in [-0.3, -0.25) is 4.79 Å². The van der Waals surface area contributed by atoms with Crippen LogP contribution in [0, 0.1) is 26.7 Å². The predicted molar refractivity (Wildman–Crippen MR) is 122 cm³/mol. The summed E-state index contributed by atoms with van der Waals surface area (Å²) in [7, 11) is -3.71. The van der Waals surface area contributed by atoms with Crippen molar-refractivity contribution in [2.24, 2.45) is 5.92 Å². The van der Waals surface area contributed by atoms with Crippen LogP contribution < -0.4 is 0 Å². The monoisotopic (exact) mass is 446 g/mol. The van der Waals surface area contributed by atoms with Gasteiger partial charge in [-0.15, -0.1) is 0 Å². The fourth-order valence-electron chi connectivity index (χ4n) is 4.83. The largest absolute Gasteiger partial charge is 0.449 e. The van der Waals surface area contributed by atoms with Crippen molar-refractivity contribution < 1.29 is 17.6 Å². The molecule has 1 aromatic heterocycles. The number of sulfonamides is 1. The second-order valence-corrected chi connectivity index (χ2v) is 11.2. The average Bonchev–Trinajstić information content (AvgIpc) is 2.91. The first-order valence-electron chi connectivity index (χ1n) is 11.5. The molecule has 0 aliphatic carbocycles. The Balaban J connectivity index is 1.82. The molecule has 7 heteroatoms. The van der Waals surface area contributed by atoms with Crippen molar-refractivity contribution in [1.29, 1.82) is 0 Å². The van der Waals surface area contributed by atoms with Gasteiger partial charge in [0.1, 0.15) is 4.90 Å². The summed E-state index contributed by atoms with van der Waals surface area (Å²) < 4.78 is 35.1. The number of carbonyl (C=O) groups is 1. The minimum atomic E-state index is -3.71. The SMILES string of the molecule is Cc1cc2c(C)c(C(=O)N3CCCCCC3)oc2c(S(=O)(=O)N2CCC(C)CC2)c1C. The molecule has 4 rings (SSSR count). The highest BCUT2D eigenvalue weighted by Gasteiger charge is 2.34. The molecule has 0 radical (unpaired) electrons. The van der Waals surface area contributed by atoms with Gasteiger partial charge in [-0.05, 0) is 69.6 Å². The van der Waals surface area contributed by atoms with Crippen LogP contribution in [-0.4, -0.2) is 49.7 Å². The molecule has 6 nitrogen and oxygen atoms in total. The zero-order valence-electron chi connectivity index (χ0n) is 19.2. The first-order chi connectivity index (χ1) is 14.7. The number of aryl methyl sites for hydroxylation is 2. The Bertz CT molecular complexity index is 1090. The Morgan fingerprint density at radius 2 is 1.58 bits per heavy atom. The van der Waals surface area contributed by atoms with Gasteiger partial charge in [0.05, 0.1) is 0 Å². The van der Waals surface area contributed by atoms with E-state index in [1.165, 1.54) is 0 Å². The highest BCUT2D eigenvalue weighted by Crippen LogP contribution is 2.37. The number of hydrogen-bond donors (Lipinski definition) is 0. The molecule has 2 aromatic rings. The van der Waals surface area contributed by atoms with Crippen LogP contribution in [0.25, 0.3) is 11.0 Å². The Morgan fingerprint density at radius 3 is 2.19 bits per heavy atom. The van der Waals surface area contributed by atoms with Crippen LogP contribution in [-0.2, 0) is 10.0 Å². The van der Waals surface area contributed by atoms with Crippen molar-refractivity contribution in [3.8, 4) is 0 Å². The molecule has 0 atom stereocenters. The zero-order chi connectivity index (χ0) is 22.3. The summed E-state index contributed by atoms with van der Waals surface area (Å²) in [5, 5.41) is 0.727. The highest BCUT2D eigenvalue weighted by atomic mass is 32.2. The first kappa shape index (κ1) is 22.3. The van der Waals surface area contributed by atoms with Gasteiger partial charge < -0.3 is 9.32 Å². The molecular formula is C24H34N2O4S. The molecule has 0 bridgehead atoms. The molecule has 1 aromatic carbocycles. The quantitative estimate of drug-likeness (QED) is 0.679. The maximum Gasteiger partial charge on any atom is 0.289 e.